The summed E-state index contributed by atoms with van der Waals surface area (Å²) in [7, 11) is 0. The van der Waals surface area contributed by atoms with Crippen LogP contribution in [0.3, 0.4) is 0 Å². The number of alkyl halides is 2. The van der Waals surface area contributed by atoms with Gasteiger partial charge in [0.1, 0.15) is 11.6 Å². The maximum atomic E-state index is 13.8. The summed E-state index contributed by atoms with van der Waals surface area (Å²) in [6.07, 6.45) is 1.26. The Hall–Kier alpha value is -2.23. The molecule has 5 nitrogen and oxygen atoms in total. The minimum absolute atomic E-state index is 0.161. The topological polar surface area (TPSA) is 46.1 Å². The maximum Gasteiger partial charge on any atom is 0.263 e. The first-order valence-electron chi connectivity index (χ1n) is 10.3. The number of aromatic nitrogens is 3. The summed E-state index contributed by atoms with van der Waals surface area (Å²) in [6, 6.07) is 13.9. The standard InChI is InChI=1S/C23H18Br2F2N4O/c1-12-31-18-5-3-15(24)6-14(18)7-19(31)16-4-2-13(8-21(16)32-12)17-10-28-22(29-17)20-9-23(26,27)11-30(20)25/h2-8,10,12,20H,9,11H2,1H3,(H,28,29)/t12?,20-/m0/s1. The molecular weight excluding hydrogens is 546 g/mol. The molecule has 32 heavy (non-hydrogen) atoms. The number of imidazole rings is 1. The van der Waals surface area contributed by atoms with Crippen molar-refractivity contribution in [3.05, 3.63) is 59.0 Å². The van der Waals surface area contributed by atoms with Crippen LogP contribution in [0.15, 0.2) is 53.1 Å². The lowest BCUT2D eigenvalue weighted by atomic mass is 10.0. The van der Waals surface area contributed by atoms with Gasteiger partial charge in [-0.2, -0.15) is 0 Å². The Morgan fingerprint density at radius 1 is 1.19 bits per heavy atom. The molecule has 1 unspecified atom stereocenters. The molecule has 0 amide bonds. The van der Waals surface area contributed by atoms with Crippen LogP contribution >= 0.6 is 32.1 Å². The van der Waals surface area contributed by atoms with Crippen molar-refractivity contribution in [1.29, 1.82) is 0 Å². The highest BCUT2D eigenvalue weighted by Gasteiger charge is 2.46. The zero-order valence-corrected chi connectivity index (χ0v) is 20.1. The first kappa shape index (κ1) is 20.4. The lowest BCUT2D eigenvalue weighted by Gasteiger charge is -2.27. The number of ether oxygens (including phenoxy) is 1. The third-order valence-corrected chi connectivity index (χ3v) is 7.39. The second-order valence-corrected chi connectivity index (χ2v) is 10.2. The molecule has 164 valence electrons. The van der Waals surface area contributed by atoms with Crippen LogP contribution in [0.1, 0.15) is 31.4 Å². The van der Waals surface area contributed by atoms with E-state index in [1.165, 1.54) is 3.93 Å². The molecule has 4 heterocycles. The second-order valence-electron chi connectivity index (χ2n) is 8.35. The Balaban J connectivity index is 1.37. The lowest BCUT2D eigenvalue weighted by molar-refractivity contribution is 0.0178. The molecule has 1 fully saturated rings. The first-order chi connectivity index (χ1) is 15.3. The van der Waals surface area contributed by atoms with Crippen molar-refractivity contribution in [3.8, 4) is 28.3 Å². The van der Waals surface area contributed by atoms with E-state index in [1.807, 2.05) is 31.2 Å². The molecule has 2 atom stereocenters. The van der Waals surface area contributed by atoms with E-state index in [-0.39, 0.29) is 19.2 Å². The monoisotopic (exact) mass is 562 g/mol. The van der Waals surface area contributed by atoms with E-state index >= 15 is 0 Å². The number of aromatic amines is 1. The molecule has 2 aromatic heterocycles. The van der Waals surface area contributed by atoms with Crippen LogP contribution in [0, 0.1) is 0 Å². The molecule has 1 saturated heterocycles. The van der Waals surface area contributed by atoms with Gasteiger partial charge in [0.05, 0.1) is 35.7 Å². The van der Waals surface area contributed by atoms with Gasteiger partial charge in [0, 0.05) is 43.6 Å². The van der Waals surface area contributed by atoms with E-state index in [0.717, 1.165) is 43.6 Å². The predicted molar refractivity (Wildman–Crippen MR) is 126 cm³/mol. The Labute approximate surface area is 199 Å². The second kappa shape index (κ2) is 7.13. The molecule has 1 N–H and O–H groups in total. The number of hydrogen-bond acceptors (Lipinski definition) is 3. The highest BCUT2D eigenvalue weighted by Crippen LogP contribution is 2.45. The molecule has 0 radical (unpaired) electrons. The largest absolute Gasteiger partial charge is 0.470 e. The van der Waals surface area contributed by atoms with Gasteiger partial charge in [-0.25, -0.2) is 17.7 Å². The third-order valence-electron chi connectivity index (χ3n) is 6.15. The normalized spacial score (nSPS) is 22.0. The van der Waals surface area contributed by atoms with Gasteiger partial charge in [0.25, 0.3) is 5.92 Å². The molecule has 4 aromatic rings. The van der Waals surface area contributed by atoms with Gasteiger partial charge in [0.15, 0.2) is 6.23 Å². The van der Waals surface area contributed by atoms with Crippen LogP contribution in [0.4, 0.5) is 8.78 Å². The van der Waals surface area contributed by atoms with Crippen LogP contribution in [0.25, 0.3) is 33.4 Å². The fourth-order valence-corrected chi connectivity index (χ4v) is 5.79. The summed E-state index contributed by atoms with van der Waals surface area (Å²) < 4.78 is 38.5. The molecule has 0 aliphatic carbocycles. The van der Waals surface area contributed by atoms with E-state index in [1.54, 1.807) is 6.20 Å². The Morgan fingerprint density at radius 3 is 2.81 bits per heavy atom. The first-order valence-corrected chi connectivity index (χ1v) is 11.8. The fraction of sp³-hybridized carbons (Fsp3) is 0.261. The minimum atomic E-state index is -2.73. The van der Waals surface area contributed by atoms with E-state index in [2.05, 4.69) is 64.8 Å². The van der Waals surface area contributed by atoms with Crippen molar-refractivity contribution in [1.82, 2.24) is 18.5 Å². The zero-order valence-electron chi connectivity index (χ0n) is 16.9. The van der Waals surface area contributed by atoms with Crippen molar-refractivity contribution >= 4 is 43.0 Å². The van der Waals surface area contributed by atoms with Crippen LogP contribution in [-0.2, 0) is 0 Å². The smallest absolute Gasteiger partial charge is 0.263 e. The van der Waals surface area contributed by atoms with Gasteiger partial charge in [-0.15, -0.1) is 0 Å². The average molecular weight is 564 g/mol. The molecular formula is C23H18Br2F2N4O. The number of halogens is 4. The summed E-state index contributed by atoms with van der Waals surface area (Å²) >= 11 is 6.79. The maximum absolute atomic E-state index is 13.8. The Morgan fingerprint density at radius 2 is 2.03 bits per heavy atom. The van der Waals surface area contributed by atoms with E-state index in [9.17, 15) is 8.78 Å². The summed E-state index contributed by atoms with van der Waals surface area (Å²) in [5.41, 5.74) is 4.90. The molecule has 6 rings (SSSR count). The van der Waals surface area contributed by atoms with Gasteiger partial charge in [0.2, 0.25) is 0 Å². The number of nitrogens with one attached hydrogen (secondary N) is 1. The van der Waals surface area contributed by atoms with Crippen LogP contribution in [0.2, 0.25) is 0 Å². The number of fused-ring (bicyclic) bond motifs is 5. The van der Waals surface area contributed by atoms with Crippen molar-refractivity contribution in [2.45, 2.75) is 31.5 Å². The number of rotatable bonds is 2. The van der Waals surface area contributed by atoms with Crippen LogP contribution in [-0.4, -0.2) is 30.9 Å². The van der Waals surface area contributed by atoms with E-state index in [0.29, 0.717) is 5.82 Å². The molecule has 0 bridgehead atoms. The highest BCUT2D eigenvalue weighted by molar-refractivity contribution is 9.10. The Bertz CT molecular complexity index is 1370. The fourth-order valence-electron chi connectivity index (χ4n) is 4.70. The van der Waals surface area contributed by atoms with Gasteiger partial charge in [-0.3, -0.25) is 0 Å². The van der Waals surface area contributed by atoms with E-state index < -0.39 is 12.0 Å². The summed E-state index contributed by atoms with van der Waals surface area (Å²) in [6.45, 7) is 1.70. The van der Waals surface area contributed by atoms with Crippen molar-refractivity contribution in [3.63, 3.8) is 0 Å². The summed E-state index contributed by atoms with van der Waals surface area (Å²) in [4.78, 5) is 7.60. The number of benzene rings is 2. The minimum Gasteiger partial charge on any atom is -0.470 e. The van der Waals surface area contributed by atoms with Gasteiger partial charge in [-0.05, 0) is 43.3 Å². The molecule has 2 aliphatic heterocycles. The number of nitrogens with zero attached hydrogens (tertiary/aromatic N) is 3. The van der Waals surface area contributed by atoms with Crippen molar-refractivity contribution in [2.75, 3.05) is 6.54 Å². The van der Waals surface area contributed by atoms with Crippen LogP contribution < -0.4 is 4.74 Å². The molecule has 2 aliphatic rings. The molecule has 0 spiro atoms. The summed E-state index contributed by atoms with van der Waals surface area (Å²) in [5, 5.41) is 1.15. The molecule has 0 saturated carbocycles. The third kappa shape index (κ3) is 3.21. The quantitative estimate of drug-likeness (QED) is 0.265. The molecule has 2 aromatic carbocycles. The SMILES string of the molecule is CC1Oc2cc(-c3cnc([C@@H]4CC(F)(F)CN4Br)[nH]3)ccc2-c2cc3cc(Br)ccc3n21. The van der Waals surface area contributed by atoms with Gasteiger partial charge >= 0.3 is 0 Å². The van der Waals surface area contributed by atoms with Crippen molar-refractivity contribution in [2.24, 2.45) is 0 Å². The summed E-state index contributed by atoms with van der Waals surface area (Å²) in [5.74, 6) is -1.42. The number of H-pyrrole nitrogens is 1. The van der Waals surface area contributed by atoms with Crippen LogP contribution in [0.5, 0.6) is 5.75 Å². The van der Waals surface area contributed by atoms with Gasteiger partial charge in [-0.1, -0.05) is 22.0 Å². The molecule has 9 heteroatoms. The Kier molecular flexibility index (Phi) is 4.54. The predicted octanol–water partition coefficient (Wildman–Crippen LogP) is 7.06. The lowest BCUT2D eigenvalue weighted by Crippen LogP contribution is -2.18. The highest BCUT2D eigenvalue weighted by atomic mass is 79.9. The average Bonchev–Trinajstić information content (AvgIpc) is 3.42. The zero-order chi connectivity index (χ0) is 22.2. The number of hydrogen-bond donors (Lipinski definition) is 1. The van der Waals surface area contributed by atoms with Crippen molar-refractivity contribution < 1.29 is 13.5 Å². The van der Waals surface area contributed by atoms with E-state index in [4.69, 9.17) is 4.74 Å². The van der Waals surface area contributed by atoms with Gasteiger partial charge < -0.3 is 14.3 Å².